The normalized spacial score (nSPS) is 11.5. The van der Waals surface area contributed by atoms with Gasteiger partial charge in [0.2, 0.25) is 0 Å². The van der Waals surface area contributed by atoms with Gasteiger partial charge in [-0.25, -0.2) is 9.78 Å². The number of carbonyl (C=O) groups is 2. The molecular formula is C20H16F2N6O5S. The maximum atomic E-state index is 13.5. The molecule has 0 unspecified atom stereocenters. The van der Waals surface area contributed by atoms with Gasteiger partial charge in [-0.05, 0) is 12.1 Å². The van der Waals surface area contributed by atoms with Crippen molar-refractivity contribution in [3.8, 4) is 28.7 Å². The Kier molecular flexibility index (Phi) is 5.83. The second-order valence-corrected chi connectivity index (χ2v) is 7.98. The van der Waals surface area contributed by atoms with Crippen LogP contribution in [0, 0.1) is 0 Å². The Morgan fingerprint density at radius 2 is 2.03 bits per heavy atom. The molecule has 0 bridgehead atoms. The first-order valence-corrected chi connectivity index (χ1v) is 10.4. The average Bonchev–Trinajstić information content (AvgIpc) is 3.51. The molecule has 0 aliphatic carbocycles. The van der Waals surface area contributed by atoms with E-state index < -0.39 is 29.2 Å². The predicted molar refractivity (Wildman–Crippen MR) is 114 cm³/mol. The summed E-state index contributed by atoms with van der Waals surface area (Å²) in [7, 11) is 1.45. The highest BCUT2D eigenvalue weighted by molar-refractivity contribution is 7.09. The third-order valence-corrected chi connectivity index (χ3v) is 5.36. The summed E-state index contributed by atoms with van der Waals surface area (Å²) < 4.78 is 37.7. The van der Waals surface area contributed by atoms with E-state index in [-0.39, 0.29) is 34.6 Å². The van der Waals surface area contributed by atoms with Crippen molar-refractivity contribution in [1.29, 1.82) is 0 Å². The quantitative estimate of drug-likeness (QED) is 0.378. The van der Waals surface area contributed by atoms with Crippen LogP contribution in [0.2, 0.25) is 0 Å². The number of ether oxygens (including phenoxy) is 1. The number of benzene rings is 1. The molecule has 11 nitrogen and oxygen atoms in total. The Hall–Kier alpha value is -4.20. The number of carboxylic acid groups (broad SMARTS) is 1. The molecule has 0 radical (unpaired) electrons. The van der Waals surface area contributed by atoms with Crippen molar-refractivity contribution in [2.45, 2.75) is 19.4 Å². The zero-order chi connectivity index (χ0) is 24.6. The van der Waals surface area contributed by atoms with Crippen LogP contribution >= 0.6 is 11.3 Å². The van der Waals surface area contributed by atoms with Crippen molar-refractivity contribution in [3.63, 3.8) is 0 Å². The van der Waals surface area contributed by atoms with Gasteiger partial charge in [-0.1, -0.05) is 12.1 Å². The van der Waals surface area contributed by atoms with Crippen molar-refractivity contribution in [1.82, 2.24) is 25.0 Å². The SMILES string of the molecule is COc1cccc(-c2oc(-c3nn(Cc4nc(C(C)(F)F)cs4)nc3C(N)=O)nc2C(=O)O)c1. The molecule has 1 amide bonds. The highest BCUT2D eigenvalue weighted by Gasteiger charge is 2.29. The molecule has 4 aromatic rings. The minimum absolute atomic E-state index is 0.0962. The number of thiazole rings is 1. The number of primary amides is 1. The molecule has 3 N–H and O–H groups in total. The molecule has 0 aliphatic heterocycles. The summed E-state index contributed by atoms with van der Waals surface area (Å²) in [6, 6.07) is 6.44. The monoisotopic (exact) mass is 490 g/mol. The molecule has 14 heteroatoms. The number of methoxy groups -OCH3 is 1. The number of carboxylic acids is 1. The maximum absolute atomic E-state index is 13.5. The molecule has 0 fully saturated rings. The van der Waals surface area contributed by atoms with Gasteiger partial charge in [0.05, 0.1) is 7.11 Å². The Bertz CT molecular complexity index is 1390. The predicted octanol–water partition coefficient (Wildman–Crippen LogP) is 3.02. The van der Waals surface area contributed by atoms with Gasteiger partial charge in [0.15, 0.2) is 22.8 Å². The van der Waals surface area contributed by atoms with Crippen LogP contribution in [0.15, 0.2) is 34.1 Å². The highest BCUT2D eigenvalue weighted by atomic mass is 32.1. The zero-order valence-corrected chi connectivity index (χ0v) is 18.5. The van der Waals surface area contributed by atoms with E-state index >= 15 is 0 Å². The van der Waals surface area contributed by atoms with Crippen LogP contribution in [0.3, 0.4) is 0 Å². The molecule has 4 rings (SSSR count). The fraction of sp³-hybridized carbons (Fsp3) is 0.200. The lowest BCUT2D eigenvalue weighted by molar-refractivity contribution is 0.0132. The number of nitrogens with zero attached hydrogens (tertiary/aromatic N) is 5. The van der Waals surface area contributed by atoms with Crippen LogP contribution in [0.25, 0.3) is 22.9 Å². The number of aromatic carboxylic acids is 1. The molecule has 0 saturated heterocycles. The fourth-order valence-corrected chi connectivity index (χ4v) is 3.81. The lowest BCUT2D eigenvalue weighted by atomic mass is 10.1. The van der Waals surface area contributed by atoms with Gasteiger partial charge in [-0.2, -0.15) is 18.6 Å². The molecule has 34 heavy (non-hydrogen) atoms. The molecule has 0 atom stereocenters. The van der Waals surface area contributed by atoms with Gasteiger partial charge < -0.3 is 20.0 Å². The fourth-order valence-electron chi connectivity index (χ4n) is 2.96. The summed E-state index contributed by atoms with van der Waals surface area (Å²) in [6.07, 6.45) is 0. The van der Waals surface area contributed by atoms with Gasteiger partial charge >= 0.3 is 5.97 Å². The number of nitrogens with two attached hydrogens (primary N) is 1. The van der Waals surface area contributed by atoms with Gasteiger partial charge in [0.1, 0.15) is 23.0 Å². The summed E-state index contributed by atoms with van der Waals surface area (Å²) in [4.78, 5) is 32.6. The number of alkyl halides is 2. The standard InChI is InChI=1S/C20H16F2N6O5S/c1-20(21,22)11-8-34-12(24-11)7-28-26-13(17(23)29)14(27-28)18-25-15(19(30)31)16(33-18)9-4-3-5-10(6-9)32-2/h3-6,8H,7H2,1-2H3,(H2,23,29)(H,30,31). The number of hydrogen-bond acceptors (Lipinski definition) is 9. The topological polar surface area (TPSA) is 159 Å². The van der Waals surface area contributed by atoms with Crippen molar-refractivity contribution < 1.29 is 32.6 Å². The first-order chi connectivity index (χ1) is 16.1. The number of aromatic nitrogens is 5. The molecule has 3 heterocycles. The second kappa shape index (κ2) is 8.62. The second-order valence-electron chi connectivity index (χ2n) is 7.04. The van der Waals surface area contributed by atoms with E-state index in [1.165, 1.54) is 12.5 Å². The number of halogens is 2. The average molecular weight is 490 g/mol. The van der Waals surface area contributed by atoms with Gasteiger partial charge in [0.25, 0.3) is 17.7 Å². The first-order valence-electron chi connectivity index (χ1n) is 9.53. The van der Waals surface area contributed by atoms with E-state index in [0.29, 0.717) is 11.3 Å². The summed E-state index contributed by atoms with van der Waals surface area (Å²) in [5.74, 6) is -5.42. The highest BCUT2D eigenvalue weighted by Crippen LogP contribution is 2.32. The Labute approximate surface area is 193 Å². The van der Waals surface area contributed by atoms with Gasteiger partial charge in [-0.15, -0.1) is 21.5 Å². The van der Waals surface area contributed by atoms with Crippen molar-refractivity contribution in [2.24, 2.45) is 5.73 Å². The van der Waals surface area contributed by atoms with E-state index in [1.54, 1.807) is 24.3 Å². The van der Waals surface area contributed by atoms with Crippen molar-refractivity contribution in [3.05, 3.63) is 51.7 Å². The molecule has 0 spiro atoms. The number of rotatable bonds is 8. The molecule has 3 aromatic heterocycles. The largest absolute Gasteiger partial charge is 0.497 e. The van der Waals surface area contributed by atoms with Crippen LogP contribution in [-0.2, 0) is 12.5 Å². The number of hydrogen-bond donors (Lipinski definition) is 2. The van der Waals surface area contributed by atoms with Crippen molar-refractivity contribution >= 4 is 23.2 Å². The number of oxazole rings is 1. The molecule has 0 saturated carbocycles. The van der Waals surface area contributed by atoms with E-state index in [9.17, 15) is 23.5 Å². The van der Waals surface area contributed by atoms with Crippen molar-refractivity contribution in [2.75, 3.05) is 7.11 Å². The molecule has 0 aliphatic rings. The molecule has 1 aromatic carbocycles. The molecular weight excluding hydrogens is 474 g/mol. The summed E-state index contributed by atoms with van der Waals surface area (Å²) in [6.45, 7) is 0.583. The third-order valence-electron chi connectivity index (χ3n) is 4.53. The lowest BCUT2D eigenvalue weighted by Gasteiger charge is -2.04. The Balaban J connectivity index is 1.75. The summed E-state index contributed by atoms with van der Waals surface area (Å²) in [5.41, 5.74) is 4.38. The smallest absolute Gasteiger partial charge is 0.358 e. The van der Waals surface area contributed by atoms with E-state index in [2.05, 4.69) is 20.2 Å². The Morgan fingerprint density at radius 3 is 2.65 bits per heavy atom. The van der Waals surface area contributed by atoms with Gasteiger partial charge in [0, 0.05) is 17.9 Å². The maximum Gasteiger partial charge on any atom is 0.358 e. The minimum Gasteiger partial charge on any atom is -0.497 e. The van der Waals surface area contributed by atoms with Crippen LogP contribution < -0.4 is 10.5 Å². The third kappa shape index (κ3) is 4.47. The van der Waals surface area contributed by atoms with E-state index in [1.807, 2.05) is 0 Å². The van der Waals surface area contributed by atoms with Crippen LogP contribution in [0.4, 0.5) is 8.78 Å². The Morgan fingerprint density at radius 1 is 1.26 bits per heavy atom. The molecule has 176 valence electrons. The number of amides is 1. The lowest BCUT2D eigenvalue weighted by Crippen LogP contribution is -2.14. The zero-order valence-electron chi connectivity index (χ0n) is 17.7. The van der Waals surface area contributed by atoms with Crippen LogP contribution in [0.5, 0.6) is 5.75 Å². The van der Waals surface area contributed by atoms with Crippen LogP contribution in [-0.4, -0.2) is 49.1 Å². The first kappa shape index (κ1) is 23.0. The van der Waals surface area contributed by atoms with E-state index in [4.69, 9.17) is 14.9 Å². The van der Waals surface area contributed by atoms with E-state index in [0.717, 1.165) is 23.1 Å². The van der Waals surface area contributed by atoms with Crippen LogP contribution in [0.1, 0.15) is 38.6 Å². The summed E-state index contributed by atoms with van der Waals surface area (Å²) >= 11 is 0.965. The van der Waals surface area contributed by atoms with Gasteiger partial charge in [-0.3, -0.25) is 4.79 Å². The summed E-state index contributed by atoms with van der Waals surface area (Å²) in [5, 5.41) is 19.2. The number of carbonyl (C=O) groups excluding carboxylic acids is 1. The minimum atomic E-state index is -3.11.